The van der Waals surface area contributed by atoms with Gasteiger partial charge < -0.3 is 15.0 Å². The number of hydrogen-bond acceptors (Lipinski definition) is 5. The first kappa shape index (κ1) is 20.5. The molecule has 0 spiro atoms. The maximum absolute atomic E-state index is 12.7. The molecule has 0 bridgehead atoms. The van der Waals surface area contributed by atoms with E-state index in [4.69, 9.17) is 4.74 Å². The second kappa shape index (κ2) is 8.14. The summed E-state index contributed by atoms with van der Waals surface area (Å²) in [4.78, 5) is 19.5. The van der Waals surface area contributed by atoms with E-state index in [1.165, 1.54) is 12.1 Å². The Kier molecular flexibility index (Phi) is 5.55. The molecule has 3 aromatic rings. The number of amides is 1. The number of halogens is 3. The zero-order chi connectivity index (χ0) is 21.3. The standard InChI is InChI=1S/C21H20F3N3O2S/c1-29-16-8-9-17-18(11-16)30-20(26-17)27-10-2-3-13(12-27)19(28)25-15-6-4-14(5-7-15)21(22,23)24/h4-9,11,13H,2-3,10,12H2,1H3,(H,25,28). The summed E-state index contributed by atoms with van der Waals surface area (Å²) in [6, 6.07) is 10.2. The SMILES string of the molecule is COc1ccc2nc(N3CCCC(C(=O)Nc4ccc(C(F)(F)F)cc4)C3)sc2c1. The number of aromatic nitrogens is 1. The molecule has 1 saturated heterocycles. The van der Waals surface area contributed by atoms with Gasteiger partial charge in [-0.15, -0.1) is 0 Å². The number of hydrogen-bond donors (Lipinski definition) is 1. The average Bonchev–Trinajstić information content (AvgIpc) is 3.17. The number of nitrogens with zero attached hydrogens (tertiary/aromatic N) is 2. The molecule has 1 aromatic heterocycles. The maximum atomic E-state index is 12.7. The molecule has 2 heterocycles. The summed E-state index contributed by atoms with van der Waals surface area (Å²) in [7, 11) is 1.62. The van der Waals surface area contributed by atoms with Gasteiger partial charge in [-0.3, -0.25) is 4.79 Å². The highest BCUT2D eigenvalue weighted by Crippen LogP contribution is 2.34. The molecule has 0 aliphatic carbocycles. The highest BCUT2D eigenvalue weighted by atomic mass is 32.1. The molecular formula is C21H20F3N3O2S. The molecule has 0 radical (unpaired) electrons. The minimum absolute atomic E-state index is 0.192. The van der Waals surface area contributed by atoms with Crippen LogP contribution in [0.4, 0.5) is 24.0 Å². The molecule has 30 heavy (non-hydrogen) atoms. The number of methoxy groups -OCH3 is 1. The van der Waals surface area contributed by atoms with E-state index in [9.17, 15) is 18.0 Å². The molecule has 1 unspecified atom stereocenters. The molecule has 0 saturated carbocycles. The number of nitrogens with one attached hydrogen (secondary N) is 1. The van der Waals surface area contributed by atoms with E-state index in [1.54, 1.807) is 18.4 Å². The van der Waals surface area contributed by atoms with Gasteiger partial charge in [-0.25, -0.2) is 4.98 Å². The van der Waals surface area contributed by atoms with Crippen molar-refractivity contribution in [3.05, 3.63) is 48.0 Å². The summed E-state index contributed by atoms with van der Waals surface area (Å²) in [6.07, 6.45) is -2.83. The van der Waals surface area contributed by atoms with Gasteiger partial charge in [-0.2, -0.15) is 13.2 Å². The molecule has 1 atom stereocenters. The van der Waals surface area contributed by atoms with Crippen molar-refractivity contribution in [3.8, 4) is 5.75 Å². The van der Waals surface area contributed by atoms with Gasteiger partial charge in [-0.05, 0) is 55.3 Å². The summed E-state index contributed by atoms with van der Waals surface area (Å²) >= 11 is 1.55. The van der Waals surface area contributed by atoms with Crippen LogP contribution in [0.1, 0.15) is 18.4 Å². The predicted octanol–water partition coefficient (Wildman–Crippen LogP) is 5.18. The molecule has 1 amide bonds. The highest BCUT2D eigenvalue weighted by Gasteiger charge is 2.31. The molecule has 5 nitrogen and oxygen atoms in total. The van der Waals surface area contributed by atoms with Gasteiger partial charge in [0.1, 0.15) is 5.75 Å². The molecular weight excluding hydrogens is 415 g/mol. The number of fused-ring (bicyclic) bond motifs is 1. The Balaban J connectivity index is 1.44. The number of piperidine rings is 1. The summed E-state index contributed by atoms with van der Waals surface area (Å²) in [5.41, 5.74) is 0.501. The van der Waals surface area contributed by atoms with Gasteiger partial charge in [0.05, 0.1) is 28.8 Å². The Hall–Kier alpha value is -2.81. The molecule has 1 fully saturated rings. The molecule has 1 aliphatic rings. The van der Waals surface area contributed by atoms with Crippen LogP contribution in [0.5, 0.6) is 5.75 Å². The first-order chi connectivity index (χ1) is 14.3. The highest BCUT2D eigenvalue weighted by molar-refractivity contribution is 7.22. The second-order valence-corrected chi connectivity index (χ2v) is 8.19. The van der Waals surface area contributed by atoms with E-state index in [2.05, 4.69) is 15.2 Å². The fourth-order valence-electron chi connectivity index (χ4n) is 3.51. The van der Waals surface area contributed by atoms with Crippen LogP contribution in [0.3, 0.4) is 0 Å². The Morgan fingerprint density at radius 1 is 1.23 bits per heavy atom. The van der Waals surface area contributed by atoms with Crippen molar-refractivity contribution in [1.82, 2.24) is 4.98 Å². The second-order valence-electron chi connectivity index (χ2n) is 7.18. The topological polar surface area (TPSA) is 54.5 Å². The maximum Gasteiger partial charge on any atom is 0.416 e. The van der Waals surface area contributed by atoms with Crippen LogP contribution in [0.2, 0.25) is 0 Å². The number of ether oxygens (including phenoxy) is 1. The number of carbonyl (C=O) groups excluding carboxylic acids is 1. The Morgan fingerprint density at radius 3 is 2.70 bits per heavy atom. The monoisotopic (exact) mass is 435 g/mol. The van der Waals surface area contributed by atoms with Crippen LogP contribution in [0.15, 0.2) is 42.5 Å². The molecule has 1 N–H and O–H groups in total. The third kappa shape index (κ3) is 4.35. The van der Waals surface area contributed by atoms with E-state index in [0.29, 0.717) is 12.2 Å². The Bertz CT molecular complexity index is 1050. The summed E-state index contributed by atoms with van der Waals surface area (Å²) in [5, 5.41) is 3.59. The summed E-state index contributed by atoms with van der Waals surface area (Å²) < 4.78 is 44.3. The van der Waals surface area contributed by atoms with Crippen molar-refractivity contribution in [3.63, 3.8) is 0 Å². The van der Waals surface area contributed by atoms with E-state index in [0.717, 1.165) is 52.6 Å². The molecule has 158 valence electrons. The fraction of sp³-hybridized carbons (Fsp3) is 0.333. The Morgan fingerprint density at radius 2 is 2.00 bits per heavy atom. The molecule has 1 aliphatic heterocycles. The number of alkyl halides is 3. The third-order valence-electron chi connectivity index (χ3n) is 5.13. The summed E-state index contributed by atoms with van der Waals surface area (Å²) in [5.74, 6) is 0.315. The zero-order valence-electron chi connectivity index (χ0n) is 16.2. The van der Waals surface area contributed by atoms with Gasteiger partial charge in [0.25, 0.3) is 0 Å². The lowest BCUT2D eigenvalue weighted by Crippen LogP contribution is -2.40. The van der Waals surface area contributed by atoms with Crippen molar-refractivity contribution in [2.45, 2.75) is 19.0 Å². The van der Waals surface area contributed by atoms with Gasteiger partial charge in [0.15, 0.2) is 5.13 Å². The molecule has 4 rings (SSSR count). The van der Waals surface area contributed by atoms with Crippen molar-refractivity contribution in [1.29, 1.82) is 0 Å². The number of rotatable bonds is 4. The van der Waals surface area contributed by atoms with Crippen LogP contribution in [0.25, 0.3) is 10.2 Å². The van der Waals surface area contributed by atoms with Crippen LogP contribution in [-0.2, 0) is 11.0 Å². The van der Waals surface area contributed by atoms with E-state index >= 15 is 0 Å². The van der Waals surface area contributed by atoms with Crippen LogP contribution in [0, 0.1) is 5.92 Å². The quantitative estimate of drug-likeness (QED) is 0.614. The first-order valence-electron chi connectivity index (χ1n) is 9.51. The van der Waals surface area contributed by atoms with Crippen LogP contribution in [-0.4, -0.2) is 31.1 Å². The lowest BCUT2D eigenvalue weighted by Gasteiger charge is -2.31. The fourth-order valence-corrected chi connectivity index (χ4v) is 4.54. The number of benzene rings is 2. The van der Waals surface area contributed by atoms with Crippen molar-refractivity contribution in [2.75, 3.05) is 30.4 Å². The van der Waals surface area contributed by atoms with Crippen molar-refractivity contribution in [2.24, 2.45) is 5.92 Å². The van der Waals surface area contributed by atoms with Gasteiger partial charge in [0, 0.05) is 18.8 Å². The molecule has 2 aromatic carbocycles. The lowest BCUT2D eigenvalue weighted by molar-refractivity contribution is -0.137. The lowest BCUT2D eigenvalue weighted by atomic mass is 9.97. The largest absolute Gasteiger partial charge is 0.497 e. The van der Waals surface area contributed by atoms with Crippen molar-refractivity contribution >= 4 is 38.3 Å². The average molecular weight is 435 g/mol. The van der Waals surface area contributed by atoms with Gasteiger partial charge >= 0.3 is 6.18 Å². The van der Waals surface area contributed by atoms with Gasteiger partial charge in [-0.1, -0.05) is 11.3 Å². The minimum atomic E-state index is -4.40. The number of thiazole rings is 1. The molecule has 9 heteroatoms. The third-order valence-corrected chi connectivity index (χ3v) is 6.21. The predicted molar refractivity (Wildman–Crippen MR) is 111 cm³/mol. The van der Waals surface area contributed by atoms with E-state index < -0.39 is 11.7 Å². The van der Waals surface area contributed by atoms with Gasteiger partial charge in [0.2, 0.25) is 5.91 Å². The van der Waals surface area contributed by atoms with E-state index in [-0.39, 0.29) is 11.8 Å². The van der Waals surface area contributed by atoms with Crippen LogP contribution < -0.4 is 15.0 Å². The number of anilines is 2. The van der Waals surface area contributed by atoms with Crippen LogP contribution >= 0.6 is 11.3 Å². The normalized spacial score (nSPS) is 17.2. The number of carbonyl (C=O) groups is 1. The first-order valence-corrected chi connectivity index (χ1v) is 10.3. The Labute approximate surface area is 175 Å². The zero-order valence-corrected chi connectivity index (χ0v) is 17.0. The minimum Gasteiger partial charge on any atom is -0.497 e. The smallest absolute Gasteiger partial charge is 0.416 e. The summed E-state index contributed by atoms with van der Waals surface area (Å²) in [6.45, 7) is 1.32. The van der Waals surface area contributed by atoms with E-state index in [1.807, 2.05) is 18.2 Å². The van der Waals surface area contributed by atoms with Crippen molar-refractivity contribution < 1.29 is 22.7 Å².